The summed E-state index contributed by atoms with van der Waals surface area (Å²) in [6, 6.07) is 27.5. The minimum Gasteiger partial charge on any atom is -0.480 e. The lowest BCUT2D eigenvalue weighted by atomic mass is 9.83. The van der Waals surface area contributed by atoms with E-state index in [0.717, 1.165) is 37.1 Å². The van der Waals surface area contributed by atoms with Gasteiger partial charge in [-0.25, -0.2) is 0 Å². The second-order valence-corrected chi connectivity index (χ2v) is 9.75. The van der Waals surface area contributed by atoms with Crippen molar-refractivity contribution in [2.45, 2.75) is 24.9 Å². The zero-order valence-electron chi connectivity index (χ0n) is 19.4. The Hall–Kier alpha value is -3.77. The van der Waals surface area contributed by atoms with E-state index in [-0.39, 0.29) is 23.4 Å². The molecule has 0 bridgehead atoms. The van der Waals surface area contributed by atoms with Crippen molar-refractivity contribution in [2.75, 3.05) is 18.4 Å². The minimum atomic E-state index is -0.997. The SMILES string of the molecule is O=C(O)CN=C(c1ccccc1)c1ccccc1NC(=O)C12CCC1C21CN1Cc1ccccc1. The van der Waals surface area contributed by atoms with E-state index in [1.807, 2.05) is 60.7 Å². The van der Waals surface area contributed by atoms with Gasteiger partial charge in [0.05, 0.1) is 22.4 Å². The van der Waals surface area contributed by atoms with E-state index in [0.29, 0.717) is 17.3 Å². The number of carboxylic acids is 1. The summed E-state index contributed by atoms with van der Waals surface area (Å²) < 4.78 is 0. The van der Waals surface area contributed by atoms with Gasteiger partial charge in [-0.15, -0.1) is 0 Å². The molecule has 35 heavy (non-hydrogen) atoms. The lowest BCUT2D eigenvalue weighted by molar-refractivity contribution is -0.135. The second-order valence-electron chi connectivity index (χ2n) is 9.75. The molecule has 3 aromatic carbocycles. The van der Waals surface area contributed by atoms with Crippen molar-refractivity contribution in [3.05, 3.63) is 102 Å². The van der Waals surface area contributed by atoms with Crippen LogP contribution in [0.15, 0.2) is 89.9 Å². The van der Waals surface area contributed by atoms with Crippen LogP contribution in [0.3, 0.4) is 0 Å². The van der Waals surface area contributed by atoms with Crippen molar-refractivity contribution in [3.8, 4) is 0 Å². The summed E-state index contributed by atoms with van der Waals surface area (Å²) in [5, 5.41) is 12.5. The number of rotatable bonds is 8. The lowest BCUT2D eigenvalue weighted by Crippen LogP contribution is -2.34. The van der Waals surface area contributed by atoms with E-state index in [1.165, 1.54) is 5.56 Å². The van der Waals surface area contributed by atoms with Gasteiger partial charge in [0.15, 0.2) is 0 Å². The second kappa shape index (κ2) is 8.17. The van der Waals surface area contributed by atoms with Gasteiger partial charge in [0.1, 0.15) is 6.54 Å². The van der Waals surface area contributed by atoms with Gasteiger partial charge < -0.3 is 10.4 Å². The van der Waals surface area contributed by atoms with Crippen LogP contribution in [0.4, 0.5) is 5.69 Å². The fourth-order valence-electron chi connectivity index (χ4n) is 6.29. The molecule has 2 aliphatic carbocycles. The number of hydrogen-bond donors (Lipinski definition) is 2. The fourth-order valence-corrected chi connectivity index (χ4v) is 6.29. The molecule has 1 aliphatic heterocycles. The smallest absolute Gasteiger partial charge is 0.325 e. The first-order valence-corrected chi connectivity index (χ1v) is 12.1. The maximum atomic E-state index is 13.7. The minimum absolute atomic E-state index is 0.00151. The number of aliphatic imine (C=N–C) groups is 1. The Bertz CT molecular complexity index is 1320. The van der Waals surface area contributed by atoms with Gasteiger partial charge in [-0.3, -0.25) is 19.5 Å². The molecule has 176 valence electrons. The highest BCUT2D eigenvalue weighted by atomic mass is 16.4. The molecule has 4 unspecified atom stereocenters. The van der Waals surface area contributed by atoms with Gasteiger partial charge in [0, 0.05) is 24.2 Å². The predicted molar refractivity (Wildman–Crippen MR) is 134 cm³/mol. The number of benzene rings is 3. The number of nitrogens with zero attached hydrogens (tertiary/aromatic N) is 2. The molecule has 2 N–H and O–H groups in total. The molecule has 1 spiro atoms. The molecule has 0 radical (unpaired) electrons. The number of carbonyl (C=O) groups is 2. The molecular formula is C29H27N3O3. The third-order valence-electron chi connectivity index (χ3n) is 8.05. The van der Waals surface area contributed by atoms with Gasteiger partial charge in [-0.2, -0.15) is 0 Å². The first-order valence-electron chi connectivity index (χ1n) is 12.1. The van der Waals surface area contributed by atoms with E-state index in [9.17, 15) is 14.7 Å². The van der Waals surface area contributed by atoms with Crippen molar-refractivity contribution < 1.29 is 14.7 Å². The highest BCUT2D eigenvalue weighted by Crippen LogP contribution is 2.83. The van der Waals surface area contributed by atoms with Crippen LogP contribution in [-0.4, -0.2) is 46.2 Å². The zero-order chi connectivity index (χ0) is 24.0. The first kappa shape index (κ1) is 21.7. The number of hydrogen-bond acceptors (Lipinski definition) is 4. The van der Waals surface area contributed by atoms with E-state index in [2.05, 4.69) is 39.5 Å². The standard InChI is InChI=1S/C29H27N3O3/c33-25(34)17-30-26(21-11-5-2-6-12-21)22-13-7-8-14-23(22)31-27(35)28-16-15-24(28)29(28)19-32(29)18-20-9-3-1-4-10-20/h1-14,24H,15-19H2,(H,31,35)(H,33,34). The van der Waals surface area contributed by atoms with E-state index < -0.39 is 5.97 Å². The first-order chi connectivity index (χ1) is 17.1. The molecule has 4 atom stereocenters. The zero-order valence-corrected chi connectivity index (χ0v) is 19.4. The van der Waals surface area contributed by atoms with Crippen LogP contribution in [0.2, 0.25) is 0 Å². The molecule has 6 heteroatoms. The van der Waals surface area contributed by atoms with Crippen molar-refractivity contribution in [1.29, 1.82) is 0 Å². The normalized spacial score (nSPS) is 28.1. The van der Waals surface area contributed by atoms with Gasteiger partial charge in [-0.1, -0.05) is 78.9 Å². The summed E-state index contributed by atoms with van der Waals surface area (Å²) >= 11 is 0. The maximum absolute atomic E-state index is 13.7. The maximum Gasteiger partial charge on any atom is 0.325 e. The predicted octanol–water partition coefficient (Wildman–Crippen LogP) is 4.21. The third-order valence-corrected chi connectivity index (χ3v) is 8.05. The van der Waals surface area contributed by atoms with Crippen molar-refractivity contribution >= 4 is 23.3 Å². The van der Waals surface area contributed by atoms with Crippen LogP contribution in [-0.2, 0) is 16.1 Å². The van der Waals surface area contributed by atoms with Gasteiger partial charge in [0.25, 0.3) is 0 Å². The van der Waals surface area contributed by atoms with Crippen LogP contribution in [0.25, 0.3) is 0 Å². The summed E-state index contributed by atoms with van der Waals surface area (Å²) in [5.74, 6) is -0.508. The molecule has 6 nitrogen and oxygen atoms in total. The van der Waals surface area contributed by atoms with Crippen LogP contribution < -0.4 is 5.32 Å². The molecule has 6 rings (SSSR count). The molecule has 1 amide bonds. The van der Waals surface area contributed by atoms with Crippen molar-refractivity contribution in [1.82, 2.24) is 4.90 Å². The number of carbonyl (C=O) groups excluding carboxylic acids is 1. The topological polar surface area (TPSA) is 81.8 Å². The van der Waals surface area contributed by atoms with Crippen molar-refractivity contribution in [2.24, 2.45) is 16.3 Å². The Morgan fingerprint density at radius 3 is 2.34 bits per heavy atom. The van der Waals surface area contributed by atoms with Crippen LogP contribution in [0.1, 0.15) is 29.5 Å². The molecular weight excluding hydrogens is 438 g/mol. The summed E-state index contributed by atoms with van der Waals surface area (Å²) in [6.45, 7) is 1.51. The van der Waals surface area contributed by atoms with Crippen LogP contribution in [0, 0.1) is 11.3 Å². The Labute approximate surface area is 204 Å². The monoisotopic (exact) mass is 465 g/mol. The lowest BCUT2D eigenvalue weighted by Gasteiger charge is -2.24. The van der Waals surface area contributed by atoms with Crippen LogP contribution >= 0.6 is 0 Å². The largest absolute Gasteiger partial charge is 0.480 e. The van der Waals surface area contributed by atoms with Gasteiger partial charge >= 0.3 is 5.97 Å². The molecule has 1 saturated heterocycles. The summed E-state index contributed by atoms with van der Waals surface area (Å²) in [7, 11) is 0. The number of nitrogens with one attached hydrogen (secondary N) is 1. The number of anilines is 1. The number of aliphatic carboxylic acids is 1. The Morgan fingerprint density at radius 1 is 0.971 bits per heavy atom. The average Bonchev–Trinajstić information content (AvgIpc) is 3.64. The molecule has 3 fully saturated rings. The Balaban J connectivity index is 1.25. The van der Waals surface area contributed by atoms with Crippen molar-refractivity contribution in [3.63, 3.8) is 0 Å². The summed E-state index contributed by atoms with van der Waals surface area (Å²) in [5.41, 5.74) is 3.74. The number of fused-ring (bicyclic) bond motifs is 3. The van der Waals surface area contributed by atoms with E-state index in [4.69, 9.17) is 0 Å². The fraction of sp³-hybridized carbons (Fsp3) is 0.276. The molecule has 0 aromatic heterocycles. The van der Waals surface area contributed by atoms with Crippen LogP contribution in [0.5, 0.6) is 0 Å². The third kappa shape index (κ3) is 3.40. The average molecular weight is 466 g/mol. The Morgan fingerprint density at radius 2 is 1.66 bits per heavy atom. The highest BCUT2D eigenvalue weighted by Gasteiger charge is 2.92. The quantitative estimate of drug-likeness (QED) is 0.386. The number of carboxylic acid groups (broad SMARTS) is 1. The highest BCUT2D eigenvalue weighted by molar-refractivity contribution is 6.18. The van der Waals surface area contributed by atoms with Gasteiger partial charge in [-0.05, 0) is 30.4 Å². The van der Waals surface area contributed by atoms with Gasteiger partial charge in [0.2, 0.25) is 5.91 Å². The molecule has 3 aromatic rings. The summed E-state index contributed by atoms with van der Waals surface area (Å²) in [6.07, 6.45) is 2.01. The van der Waals surface area contributed by atoms with E-state index >= 15 is 0 Å². The Kier molecular flexibility index (Phi) is 5.07. The number of amides is 1. The van der Waals surface area contributed by atoms with E-state index in [1.54, 1.807) is 0 Å². The summed E-state index contributed by atoms with van der Waals surface area (Å²) in [4.78, 5) is 31.8. The molecule has 3 aliphatic rings. The molecule has 2 saturated carbocycles. The molecule has 1 heterocycles. The number of para-hydroxylation sites is 1.